The van der Waals surface area contributed by atoms with Crippen LogP contribution < -0.4 is 5.32 Å². The summed E-state index contributed by atoms with van der Waals surface area (Å²) in [5, 5.41) is 12.0. The molecule has 0 saturated carbocycles. The highest BCUT2D eigenvalue weighted by Crippen LogP contribution is 2.29. The lowest BCUT2D eigenvalue weighted by molar-refractivity contribution is -0.141. The molecule has 0 spiro atoms. The van der Waals surface area contributed by atoms with E-state index >= 15 is 0 Å². The van der Waals surface area contributed by atoms with Gasteiger partial charge in [-0.1, -0.05) is 18.2 Å². The van der Waals surface area contributed by atoms with Crippen LogP contribution in [0.2, 0.25) is 0 Å². The van der Waals surface area contributed by atoms with Gasteiger partial charge in [-0.2, -0.15) is 23.4 Å². The molecule has 7 nitrogen and oxygen atoms in total. The van der Waals surface area contributed by atoms with E-state index in [0.717, 1.165) is 22.7 Å². The Bertz CT molecular complexity index is 1020. The number of carbonyl (C=O) groups excluding carboxylic acids is 1. The Morgan fingerprint density at radius 1 is 1.17 bits per heavy atom. The number of nitrogens with zero attached hydrogens (tertiary/aromatic N) is 5. The van der Waals surface area contributed by atoms with Crippen molar-refractivity contribution in [3.63, 3.8) is 0 Å². The van der Waals surface area contributed by atoms with Gasteiger partial charge in [0.1, 0.15) is 0 Å². The van der Waals surface area contributed by atoms with Crippen LogP contribution in [0.3, 0.4) is 0 Å². The lowest BCUT2D eigenvalue weighted by atomic mass is 10.1. The Kier molecular flexibility index (Phi) is 4.93. The minimum Gasteiger partial charge on any atom is -0.332 e. The molecular formula is C19H21F3N6O. The number of aromatic nitrogens is 4. The van der Waals surface area contributed by atoms with E-state index in [2.05, 4.69) is 15.5 Å². The Labute approximate surface area is 165 Å². The van der Waals surface area contributed by atoms with E-state index in [4.69, 9.17) is 0 Å². The van der Waals surface area contributed by atoms with E-state index in [0.29, 0.717) is 32.5 Å². The van der Waals surface area contributed by atoms with Crippen molar-refractivity contribution >= 4 is 16.9 Å². The van der Waals surface area contributed by atoms with Crippen LogP contribution in [0.25, 0.3) is 10.9 Å². The monoisotopic (exact) mass is 406 g/mol. The fraction of sp³-hybridized carbons (Fsp3) is 0.421. The average molecular weight is 406 g/mol. The number of para-hydroxylation sites is 1. The fourth-order valence-corrected chi connectivity index (χ4v) is 3.72. The predicted octanol–water partition coefficient (Wildman–Crippen LogP) is 3.34. The number of hydrogen-bond donors (Lipinski definition) is 1. The molecule has 1 fully saturated rings. The molecule has 1 N–H and O–H groups in total. The van der Waals surface area contributed by atoms with Gasteiger partial charge >= 0.3 is 12.2 Å². The first kappa shape index (κ1) is 19.3. The van der Waals surface area contributed by atoms with Gasteiger partial charge < -0.3 is 10.2 Å². The summed E-state index contributed by atoms with van der Waals surface area (Å²) in [7, 11) is 1.86. The number of fused-ring (bicyclic) bond motifs is 1. The van der Waals surface area contributed by atoms with Gasteiger partial charge in [-0.15, -0.1) is 0 Å². The molecule has 3 heterocycles. The van der Waals surface area contributed by atoms with Gasteiger partial charge in [-0.05, 0) is 25.0 Å². The average Bonchev–Trinajstić information content (AvgIpc) is 3.32. The van der Waals surface area contributed by atoms with Gasteiger partial charge in [0, 0.05) is 31.7 Å². The van der Waals surface area contributed by atoms with E-state index in [9.17, 15) is 18.0 Å². The summed E-state index contributed by atoms with van der Waals surface area (Å²) >= 11 is 0. The van der Waals surface area contributed by atoms with E-state index in [-0.39, 0.29) is 12.1 Å². The van der Waals surface area contributed by atoms with Crippen LogP contribution in [-0.4, -0.2) is 43.6 Å². The molecule has 10 heteroatoms. The molecular weight excluding hydrogens is 385 g/mol. The van der Waals surface area contributed by atoms with Crippen LogP contribution in [0.15, 0.2) is 36.5 Å². The number of alkyl halides is 3. The Balaban J connectivity index is 1.33. The zero-order valence-electron chi connectivity index (χ0n) is 15.9. The maximum atomic E-state index is 12.7. The van der Waals surface area contributed by atoms with Gasteiger partial charge in [0.05, 0.1) is 23.8 Å². The van der Waals surface area contributed by atoms with Gasteiger partial charge in [-0.3, -0.25) is 9.36 Å². The summed E-state index contributed by atoms with van der Waals surface area (Å²) in [6, 6.07) is 8.44. The highest BCUT2D eigenvalue weighted by atomic mass is 19.4. The van der Waals surface area contributed by atoms with Crippen molar-refractivity contribution in [2.45, 2.75) is 31.6 Å². The number of amides is 2. The number of benzene rings is 1. The first-order valence-electron chi connectivity index (χ1n) is 9.38. The van der Waals surface area contributed by atoms with Crippen LogP contribution in [0.4, 0.5) is 18.0 Å². The second kappa shape index (κ2) is 7.41. The maximum absolute atomic E-state index is 12.7. The van der Waals surface area contributed by atoms with Crippen LogP contribution >= 0.6 is 0 Å². The molecule has 1 aliphatic heterocycles. The number of rotatable bonds is 3. The number of nitrogens with one attached hydrogen (secondary N) is 1. The third-order valence-electron chi connectivity index (χ3n) is 5.27. The topological polar surface area (TPSA) is 68.0 Å². The molecule has 3 aromatic rings. The first-order chi connectivity index (χ1) is 13.8. The van der Waals surface area contributed by atoms with Gasteiger partial charge in [0.15, 0.2) is 5.69 Å². The minimum absolute atomic E-state index is 0.144. The summed E-state index contributed by atoms with van der Waals surface area (Å²) in [4.78, 5) is 14.2. The first-order valence-corrected chi connectivity index (χ1v) is 9.38. The molecule has 1 aromatic carbocycles. The maximum Gasteiger partial charge on any atom is 0.435 e. The van der Waals surface area contributed by atoms with E-state index < -0.39 is 11.9 Å². The summed E-state index contributed by atoms with van der Waals surface area (Å²) in [5.41, 5.74) is 0.901. The Morgan fingerprint density at radius 3 is 2.59 bits per heavy atom. The summed E-state index contributed by atoms with van der Waals surface area (Å²) in [6.45, 7) is 1.23. The highest BCUT2D eigenvalue weighted by molar-refractivity contribution is 5.82. The van der Waals surface area contributed by atoms with Crippen molar-refractivity contribution in [2.75, 3.05) is 13.1 Å². The molecule has 1 aliphatic rings. The number of urea groups is 1. The number of carbonyl (C=O) groups is 1. The Morgan fingerprint density at radius 2 is 1.90 bits per heavy atom. The molecule has 154 valence electrons. The van der Waals surface area contributed by atoms with Crippen LogP contribution in [0, 0.1) is 0 Å². The summed E-state index contributed by atoms with van der Waals surface area (Å²) in [6.07, 6.45) is -1.98. The van der Waals surface area contributed by atoms with Gasteiger partial charge in [-0.25, -0.2) is 4.79 Å². The smallest absolute Gasteiger partial charge is 0.332 e. The standard InChI is InChI=1S/C19H21F3N6O/c1-26-16-5-3-2-4-14(16)15(24-26)12-23-18(29)27-9-6-13(7-10-27)28-11-8-17(25-28)19(20,21)22/h2-5,8,11,13H,6-7,9-10,12H2,1H3,(H,23,29). The van der Waals surface area contributed by atoms with Gasteiger partial charge in [0.2, 0.25) is 0 Å². The van der Waals surface area contributed by atoms with Crippen LogP contribution in [0.1, 0.15) is 30.3 Å². The van der Waals surface area contributed by atoms with Crippen molar-refractivity contribution < 1.29 is 18.0 Å². The molecule has 0 radical (unpaired) electrons. The van der Waals surface area contributed by atoms with Crippen molar-refractivity contribution in [1.82, 2.24) is 29.8 Å². The van der Waals surface area contributed by atoms with Crippen molar-refractivity contribution in [2.24, 2.45) is 7.05 Å². The summed E-state index contributed by atoms with van der Waals surface area (Å²) in [5.74, 6) is 0. The third-order valence-corrected chi connectivity index (χ3v) is 5.27. The summed E-state index contributed by atoms with van der Waals surface area (Å²) < 4.78 is 41.3. The van der Waals surface area contributed by atoms with Crippen LogP contribution in [0.5, 0.6) is 0 Å². The molecule has 4 rings (SSSR count). The quantitative estimate of drug-likeness (QED) is 0.726. The number of aryl methyl sites for hydroxylation is 1. The third kappa shape index (κ3) is 3.92. The zero-order chi connectivity index (χ0) is 20.6. The molecule has 29 heavy (non-hydrogen) atoms. The Hall–Kier alpha value is -3.04. The van der Waals surface area contributed by atoms with Crippen molar-refractivity contribution in [3.05, 3.63) is 47.9 Å². The second-order valence-corrected chi connectivity index (χ2v) is 7.14. The molecule has 2 aromatic heterocycles. The lowest BCUT2D eigenvalue weighted by Gasteiger charge is -2.32. The minimum atomic E-state index is -4.44. The van der Waals surface area contributed by atoms with E-state index in [1.165, 1.54) is 10.9 Å². The zero-order valence-corrected chi connectivity index (χ0v) is 15.9. The fourth-order valence-electron chi connectivity index (χ4n) is 3.72. The van der Waals surface area contributed by atoms with E-state index in [1.807, 2.05) is 31.3 Å². The highest BCUT2D eigenvalue weighted by Gasteiger charge is 2.34. The predicted molar refractivity (Wildman–Crippen MR) is 100 cm³/mol. The SMILES string of the molecule is Cn1nc(CNC(=O)N2CCC(n3ccc(C(F)(F)F)n3)CC2)c2ccccc21. The largest absolute Gasteiger partial charge is 0.435 e. The molecule has 1 saturated heterocycles. The number of hydrogen-bond acceptors (Lipinski definition) is 3. The molecule has 0 atom stereocenters. The van der Waals surface area contributed by atoms with Crippen LogP contribution in [-0.2, 0) is 19.8 Å². The number of halogens is 3. The number of piperidine rings is 1. The van der Waals surface area contributed by atoms with Crippen molar-refractivity contribution in [1.29, 1.82) is 0 Å². The molecule has 0 unspecified atom stereocenters. The molecule has 0 bridgehead atoms. The lowest BCUT2D eigenvalue weighted by Crippen LogP contribution is -2.44. The van der Waals surface area contributed by atoms with Crippen molar-refractivity contribution in [3.8, 4) is 0 Å². The van der Waals surface area contributed by atoms with Gasteiger partial charge in [0.25, 0.3) is 0 Å². The molecule has 0 aliphatic carbocycles. The second-order valence-electron chi connectivity index (χ2n) is 7.14. The normalized spacial score (nSPS) is 15.8. The van der Waals surface area contributed by atoms with E-state index in [1.54, 1.807) is 9.58 Å². The molecule has 2 amide bonds. The number of likely N-dealkylation sites (tertiary alicyclic amines) is 1.